The summed E-state index contributed by atoms with van der Waals surface area (Å²) in [4.78, 5) is 0. The first-order valence-electron chi connectivity index (χ1n) is 6.83. The molecule has 0 spiro atoms. The van der Waals surface area contributed by atoms with Crippen LogP contribution in [0.2, 0.25) is 0 Å². The van der Waals surface area contributed by atoms with Crippen molar-refractivity contribution in [2.45, 2.75) is 12.8 Å². The van der Waals surface area contributed by atoms with Crippen LogP contribution in [-0.4, -0.2) is 58.5 Å². The van der Waals surface area contributed by atoms with Crippen LogP contribution < -0.4 is 38.6 Å². The van der Waals surface area contributed by atoms with E-state index >= 15 is 0 Å². The van der Waals surface area contributed by atoms with Gasteiger partial charge in [-0.25, -0.2) is 0 Å². The van der Waals surface area contributed by atoms with Crippen LogP contribution in [0.25, 0.3) is 0 Å². The summed E-state index contributed by atoms with van der Waals surface area (Å²) in [6, 6.07) is 0. The summed E-state index contributed by atoms with van der Waals surface area (Å²) in [5, 5.41) is 6.91. The van der Waals surface area contributed by atoms with Crippen LogP contribution in [0.15, 0.2) is 0 Å². The molecule has 1 rings (SSSR count). The Morgan fingerprint density at radius 2 is 0.960 bits per heavy atom. The summed E-state index contributed by atoms with van der Waals surface area (Å²) in [6.07, 6.45) is 2.70. The standard InChI is InChI=1S/C10H22N2S2.2ClHO4.Cu/c1-3-11-4-5-12-6-10-14-9-2-8-13-7-1;2*2-1(3,4)5;/h11-12H,1-10H2;2*(H,2,3,4,5);. The Labute approximate surface area is 170 Å². The predicted molar refractivity (Wildman–Crippen MR) is 74.1 cm³/mol. The molecular formula is C10H24Cl2CuN2O8S2. The van der Waals surface area contributed by atoms with Crippen LogP contribution in [0.5, 0.6) is 0 Å². The Hall–Kier alpha value is 1.40. The van der Waals surface area contributed by atoms with E-state index in [1.165, 1.54) is 48.9 Å². The van der Waals surface area contributed by atoms with Gasteiger partial charge in [0.2, 0.25) is 0 Å². The van der Waals surface area contributed by atoms with Gasteiger partial charge < -0.3 is 10.6 Å². The van der Waals surface area contributed by atoms with E-state index in [-0.39, 0.29) is 17.1 Å². The van der Waals surface area contributed by atoms with Crippen molar-refractivity contribution in [2.75, 3.05) is 49.2 Å². The molecule has 0 saturated carbocycles. The van der Waals surface area contributed by atoms with E-state index in [1.807, 2.05) is 0 Å². The first-order chi connectivity index (χ1) is 11.0. The average molecular weight is 499 g/mol. The average Bonchev–Trinajstić information content (AvgIpc) is 2.38. The van der Waals surface area contributed by atoms with Crippen LogP contribution in [0, 0.1) is 20.5 Å². The van der Waals surface area contributed by atoms with Crippen molar-refractivity contribution < 1.29 is 74.8 Å². The number of rotatable bonds is 0. The molecule has 25 heavy (non-hydrogen) atoms. The Morgan fingerprint density at radius 1 is 0.600 bits per heavy atom. The Kier molecular flexibility index (Phi) is 25.1. The normalized spacial score (nSPS) is 18.2. The first kappa shape index (κ1) is 31.1. The van der Waals surface area contributed by atoms with E-state index in [4.69, 9.17) is 37.3 Å². The minimum absolute atomic E-state index is 0. The van der Waals surface area contributed by atoms with Crippen molar-refractivity contribution in [1.29, 1.82) is 0 Å². The molecule has 10 nitrogen and oxygen atoms in total. The van der Waals surface area contributed by atoms with Gasteiger partial charge in [0, 0.05) is 42.5 Å². The molecule has 15 heteroatoms. The van der Waals surface area contributed by atoms with E-state index in [0.29, 0.717) is 0 Å². The van der Waals surface area contributed by atoms with E-state index in [9.17, 15) is 0 Å². The zero-order valence-electron chi connectivity index (χ0n) is 13.3. The minimum atomic E-state index is -4.69. The zero-order chi connectivity index (χ0) is 18.9. The summed E-state index contributed by atoms with van der Waals surface area (Å²) in [5.41, 5.74) is 0. The number of hydrogen-bond donors (Lipinski definition) is 4. The molecule has 1 heterocycles. The number of thioether (sulfide) groups is 2. The summed E-state index contributed by atoms with van der Waals surface area (Å²) in [5.74, 6) is 5.28. The maximum Gasteiger partial charge on any atom is 0.0777 e. The summed E-state index contributed by atoms with van der Waals surface area (Å²) in [6.45, 7) is 4.59. The third-order valence-corrected chi connectivity index (χ3v) is 4.35. The van der Waals surface area contributed by atoms with Crippen LogP contribution in [0.4, 0.5) is 0 Å². The molecule has 0 bridgehead atoms. The molecule has 1 saturated heterocycles. The van der Waals surface area contributed by atoms with Gasteiger partial charge in [-0.3, -0.25) is 0 Å². The second kappa shape index (κ2) is 20.1. The van der Waals surface area contributed by atoms with E-state index in [0.717, 1.165) is 13.1 Å². The van der Waals surface area contributed by atoms with Crippen LogP contribution in [-0.2, 0) is 17.1 Å². The topological polar surface area (TPSA) is 203 Å². The minimum Gasteiger partial charge on any atom is -0.315 e. The summed E-state index contributed by atoms with van der Waals surface area (Å²) in [7, 11) is -9.39. The molecule has 0 aromatic heterocycles. The zero-order valence-corrected chi connectivity index (χ0v) is 17.4. The molecule has 1 fully saturated rings. The van der Waals surface area contributed by atoms with Crippen molar-refractivity contribution in [3.8, 4) is 0 Å². The first-order valence-corrected chi connectivity index (χ1v) is 11.7. The molecule has 0 aliphatic carbocycles. The van der Waals surface area contributed by atoms with Gasteiger partial charge in [-0.2, -0.15) is 51.5 Å². The van der Waals surface area contributed by atoms with E-state index in [1.54, 1.807) is 0 Å². The largest absolute Gasteiger partial charge is 0.315 e. The van der Waals surface area contributed by atoms with Crippen molar-refractivity contribution in [2.24, 2.45) is 0 Å². The quantitative estimate of drug-likeness (QED) is 0.230. The Morgan fingerprint density at radius 3 is 1.44 bits per heavy atom. The fourth-order valence-electron chi connectivity index (χ4n) is 1.34. The second-order valence-electron chi connectivity index (χ2n) is 4.22. The molecule has 0 unspecified atom stereocenters. The van der Waals surface area contributed by atoms with Gasteiger partial charge >= 0.3 is 0 Å². The van der Waals surface area contributed by atoms with Gasteiger partial charge in [0.15, 0.2) is 0 Å². The third kappa shape index (κ3) is 58.6. The number of halogens is 2. The summed E-state index contributed by atoms with van der Waals surface area (Å²) < 4.78 is 65.4. The molecule has 1 radical (unpaired) electrons. The predicted octanol–water partition coefficient (Wildman–Crippen LogP) is -6.82. The van der Waals surface area contributed by atoms with Crippen molar-refractivity contribution >= 4 is 23.5 Å². The van der Waals surface area contributed by atoms with Gasteiger partial charge in [0.05, 0.1) is 29.8 Å². The van der Waals surface area contributed by atoms with Gasteiger partial charge in [0.1, 0.15) is 0 Å². The maximum absolute atomic E-state index is 8.60. The van der Waals surface area contributed by atoms with E-state index < -0.39 is 20.5 Å². The van der Waals surface area contributed by atoms with Gasteiger partial charge in [-0.15, -0.1) is 0 Å². The fraction of sp³-hybridized carbons (Fsp3) is 1.00. The molecule has 0 aromatic rings. The van der Waals surface area contributed by atoms with Crippen LogP contribution >= 0.6 is 23.5 Å². The van der Waals surface area contributed by atoms with Crippen molar-refractivity contribution in [3.63, 3.8) is 0 Å². The van der Waals surface area contributed by atoms with Crippen LogP contribution in [0.3, 0.4) is 0 Å². The number of hydrogen-bond acceptors (Lipinski definition) is 12. The molecule has 0 amide bonds. The van der Waals surface area contributed by atoms with Crippen molar-refractivity contribution in [1.82, 2.24) is 10.6 Å². The van der Waals surface area contributed by atoms with E-state index in [2.05, 4.69) is 34.2 Å². The molecule has 0 aromatic carbocycles. The second-order valence-corrected chi connectivity index (χ2v) is 8.26. The molecule has 4 N–H and O–H groups in total. The summed E-state index contributed by atoms with van der Waals surface area (Å²) >= 11 is 4.19. The smallest absolute Gasteiger partial charge is 0.0777 e. The van der Waals surface area contributed by atoms with Gasteiger partial charge in [-0.05, 0) is 36.6 Å². The Balaban J connectivity index is -0.000000368. The molecule has 1 aliphatic rings. The Bertz CT molecular complexity index is 201. The fourth-order valence-corrected chi connectivity index (χ4v) is 3.26. The molecular weight excluding hydrogens is 475 g/mol. The monoisotopic (exact) mass is 497 g/mol. The number of nitrogens with one attached hydrogen (secondary N) is 2. The van der Waals surface area contributed by atoms with Gasteiger partial charge in [-0.1, -0.05) is 0 Å². The molecule has 1 aliphatic heterocycles. The maximum atomic E-state index is 8.60. The van der Waals surface area contributed by atoms with Crippen LogP contribution in [0.1, 0.15) is 12.8 Å². The third-order valence-electron chi connectivity index (χ3n) is 2.12. The van der Waals surface area contributed by atoms with Gasteiger partial charge in [0.25, 0.3) is 0 Å². The molecule has 159 valence electrons. The SMILES string of the molecule is C1CNCCNCCSCCCSC1.[Cu].[O-][Cl+3]([O-])([O-])O.[O-][Cl+3]([O-])([O-])O. The molecule has 0 atom stereocenters. The van der Waals surface area contributed by atoms with Crippen molar-refractivity contribution in [3.05, 3.63) is 0 Å².